The van der Waals surface area contributed by atoms with Gasteiger partial charge >= 0.3 is 5.97 Å². The minimum Gasteiger partial charge on any atom is -0.479 e. The minimum absolute atomic E-state index is 0.149. The highest BCUT2D eigenvalue weighted by Crippen LogP contribution is 2.05. The lowest BCUT2D eigenvalue weighted by molar-refractivity contribution is -0.148. The van der Waals surface area contributed by atoms with E-state index in [1.807, 2.05) is 31.2 Å². The van der Waals surface area contributed by atoms with E-state index >= 15 is 0 Å². The number of carboxylic acids is 1. The number of amides is 2. The molecular weight excluding hydrogens is 300 g/mol. The lowest BCUT2D eigenvalue weighted by atomic mass is 10.1. The van der Waals surface area contributed by atoms with Crippen LogP contribution in [0.1, 0.15) is 17.5 Å². The van der Waals surface area contributed by atoms with Gasteiger partial charge in [-0.2, -0.15) is 0 Å². The van der Waals surface area contributed by atoms with Crippen molar-refractivity contribution < 1.29 is 24.2 Å². The number of nitrogens with one attached hydrogen (secondary N) is 2. The van der Waals surface area contributed by atoms with Gasteiger partial charge in [-0.05, 0) is 18.9 Å². The highest BCUT2D eigenvalue weighted by molar-refractivity contribution is 5.85. The molecule has 0 saturated heterocycles. The lowest BCUT2D eigenvalue weighted by Gasteiger charge is -2.12. The summed E-state index contributed by atoms with van der Waals surface area (Å²) in [5, 5.41) is 13.6. The van der Waals surface area contributed by atoms with Crippen molar-refractivity contribution in [2.24, 2.45) is 0 Å². The molecule has 23 heavy (non-hydrogen) atoms. The standard InChI is InChI=1S/C16H22N2O5/c1-11-3-5-12(6-4-11)7-8-14(19)18-10-15(20)17-9-13(23-2)16(21)22/h3-6,13H,7-10H2,1-2H3,(H,17,20)(H,18,19)(H,21,22). The second kappa shape index (κ2) is 9.58. The maximum absolute atomic E-state index is 11.7. The van der Waals surface area contributed by atoms with Gasteiger partial charge in [-0.1, -0.05) is 29.8 Å². The van der Waals surface area contributed by atoms with Crippen LogP contribution in [0, 0.1) is 6.92 Å². The van der Waals surface area contributed by atoms with Crippen molar-refractivity contribution in [2.75, 3.05) is 20.2 Å². The first-order chi connectivity index (χ1) is 10.9. The largest absolute Gasteiger partial charge is 0.479 e. The minimum atomic E-state index is -1.16. The van der Waals surface area contributed by atoms with Gasteiger partial charge in [0.1, 0.15) is 0 Å². The van der Waals surface area contributed by atoms with Gasteiger partial charge in [-0.25, -0.2) is 4.79 Å². The summed E-state index contributed by atoms with van der Waals surface area (Å²) in [5.74, 6) is -1.85. The van der Waals surface area contributed by atoms with E-state index in [4.69, 9.17) is 5.11 Å². The molecule has 1 aromatic carbocycles. The van der Waals surface area contributed by atoms with Gasteiger partial charge in [0, 0.05) is 13.5 Å². The third kappa shape index (κ3) is 7.42. The van der Waals surface area contributed by atoms with Crippen LogP contribution in [0.2, 0.25) is 0 Å². The van der Waals surface area contributed by atoms with E-state index in [0.29, 0.717) is 6.42 Å². The van der Waals surface area contributed by atoms with Crippen molar-refractivity contribution in [1.82, 2.24) is 10.6 Å². The SMILES string of the molecule is COC(CNC(=O)CNC(=O)CCc1ccc(C)cc1)C(=O)O. The predicted molar refractivity (Wildman–Crippen MR) is 84.0 cm³/mol. The van der Waals surface area contributed by atoms with E-state index in [9.17, 15) is 14.4 Å². The average Bonchev–Trinajstić information content (AvgIpc) is 2.52. The zero-order valence-electron chi connectivity index (χ0n) is 13.3. The summed E-state index contributed by atoms with van der Waals surface area (Å²) in [6.45, 7) is 1.65. The number of hydrogen-bond donors (Lipinski definition) is 3. The Balaban J connectivity index is 2.23. The van der Waals surface area contributed by atoms with Crippen molar-refractivity contribution >= 4 is 17.8 Å². The number of carbonyl (C=O) groups excluding carboxylic acids is 2. The Morgan fingerprint density at radius 3 is 2.35 bits per heavy atom. The van der Waals surface area contributed by atoms with Crippen LogP contribution in [-0.4, -0.2) is 49.2 Å². The van der Waals surface area contributed by atoms with E-state index < -0.39 is 18.0 Å². The molecule has 0 saturated carbocycles. The Bertz CT molecular complexity index is 542. The van der Waals surface area contributed by atoms with Crippen molar-refractivity contribution in [2.45, 2.75) is 25.9 Å². The Morgan fingerprint density at radius 1 is 1.13 bits per heavy atom. The van der Waals surface area contributed by atoms with Crippen molar-refractivity contribution in [1.29, 1.82) is 0 Å². The summed E-state index contributed by atoms with van der Waals surface area (Å²) in [5.41, 5.74) is 2.21. The fourth-order valence-electron chi connectivity index (χ4n) is 1.82. The number of ether oxygens (including phenoxy) is 1. The molecule has 0 radical (unpaired) electrons. The number of benzene rings is 1. The quantitative estimate of drug-likeness (QED) is 0.605. The molecule has 1 atom stereocenters. The van der Waals surface area contributed by atoms with Crippen LogP contribution < -0.4 is 10.6 Å². The van der Waals surface area contributed by atoms with Crippen LogP contribution in [-0.2, 0) is 25.5 Å². The van der Waals surface area contributed by atoms with E-state index in [0.717, 1.165) is 11.1 Å². The molecule has 0 aromatic heterocycles. The number of hydrogen-bond acceptors (Lipinski definition) is 4. The summed E-state index contributed by atoms with van der Waals surface area (Å²) in [4.78, 5) is 33.9. The van der Waals surface area contributed by atoms with Gasteiger partial charge in [-0.15, -0.1) is 0 Å². The van der Waals surface area contributed by atoms with Crippen molar-refractivity contribution in [3.05, 3.63) is 35.4 Å². The molecule has 126 valence electrons. The second-order valence-corrected chi connectivity index (χ2v) is 5.13. The van der Waals surface area contributed by atoms with E-state index in [-0.39, 0.29) is 25.4 Å². The van der Waals surface area contributed by atoms with E-state index in [1.165, 1.54) is 7.11 Å². The Morgan fingerprint density at radius 2 is 1.78 bits per heavy atom. The molecule has 1 aromatic rings. The number of carbonyl (C=O) groups is 3. The summed E-state index contributed by atoms with van der Waals surface area (Å²) < 4.78 is 4.68. The Labute approximate surface area is 135 Å². The molecule has 0 aliphatic heterocycles. The Hall–Kier alpha value is -2.41. The topological polar surface area (TPSA) is 105 Å². The lowest BCUT2D eigenvalue weighted by Crippen LogP contribution is -2.42. The molecule has 0 spiro atoms. The van der Waals surface area contributed by atoms with Gasteiger partial charge in [0.2, 0.25) is 11.8 Å². The first-order valence-electron chi connectivity index (χ1n) is 7.27. The van der Waals surface area contributed by atoms with Gasteiger partial charge in [0.05, 0.1) is 13.1 Å². The monoisotopic (exact) mass is 322 g/mol. The van der Waals surface area contributed by atoms with Gasteiger partial charge in [0.25, 0.3) is 0 Å². The number of aryl methyl sites for hydroxylation is 2. The molecule has 0 aliphatic carbocycles. The maximum Gasteiger partial charge on any atom is 0.334 e. The molecule has 7 heteroatoms. The van der Waals surface area contributed by atoms with Gasteiger partial charge < -0.3 is 20.5 Å². The third-order valence-electron chi connectivity index (χ3n) is 3.25. The number of rotatable bonds is 9. The predicted octanol–water partition coefficient (Wildman–Crippen LogP) is 0.260. The summed E-state index contributed by atoms with van der Waals surface area (Å²) in [6.07, 6.45) is -0.221. The van der Waals surface area contributed by atoms with Crippen LogP contribution in [0.3, 0.4) is 0 Å². The normalized spacial score (nSPS) is 11.6. The molecule has 0 fully saturated rings. The third-order valence-corrected chi connectivity index (χ3v) is 3.25. The fraction of sp³-hybridized carbons (Fsp3) is 0.438. The molecule has 1 rings (SSSR count). The molecule has 0 heterocycles. The number of methoxy groups -OCH3 is 1. The first kappa shape index (κ1) is 18.6. The zero-order chi connectivity index (χ0) is 17.2. The van der Waals surface area contributed by atoms with E-state index in [1.54, 1.807) is 0 Å². The number of carboxylic acid groups (broad SMARTS) is 1. The van der Waals surface area contributed by atoms with Crippen LogP contribution in [0.15, 0.2) is 24.3 Å². The maximum atomic E-state index is 11.7. The molecule has 2 amide bonds. The van der Waals surface area contributed by atoms with Gasteiger partial charge in [0.15, 0.2) is 6.10 Å². The number of aliphatic carboxylic acids is 1. The highest BCUT2D eigenvalue weighted by atomic mass is 16.5. The van der Waals surface area contributed by atoms with Gasteiger partial charge in [-0.3, -0.25) is 9.59 Å². The van der Waals surface area contributed by atoms with Crippen LogP contribution in [0.5, 0.6) is 0 Å². The molecule has 1 unspecified atom stereocenters. The summed E-state index contributed by atoms with van der Waals surface area (Å²) in [6, 6.07) is 7.89. The highest BCUT2D eigenvalue weighted by Gasteiger charge is 2.17. The average molecular weight is 322 g/mol. The van der Waals surface area contributed by atoms with Crippen LogP contribution >= 0.6 is 0 Å². The van der Waals surface area contributed by atoms with E-state index in [2.05, 4.69) is 15.4 Å². The summed E-state index contributed by atoms with van der Waals surface area (Å²) in [7, 11) is 1.25. The molecule has 0 aliphatic rings. The zero-order valence-corrected chi connectivity index (χ0v) is 13.3. The molecule has 0 bridgehead atoms. The smallest absolute Gasteiger partial charge is 0.334 e. The fourth-order valence-corrected chi connectivity index (χ4v) is 1.82. The molecular formula is C16H22N2O5. The van der Waals surface area contributed by atoms with Crippen LogP contribution in [0.25, 0.3) is 0 Å². The van der Waals surface area contributed by atoms with Crippen molar-refractivity contribution in [3.8, 4) is 0 Å². The van der Waals surface area contributed by atoms with Crippen molar-refractivity contribution in [3.63, 3.8) is 0 Å². The Kier molecular flexibility index (Phi) is 7.76. The van der Waals surface area contributed by atoms with Crippen LogP contribution in [0.4, 0.5) is 0 Å². The summed E-state index contributed by atoms with van der Waals surface area (Å²) >= 11 is 0. The first-order valence-corrected chi connectivity index (χ1v) is 7.27. The second-order valence-electron chi connectivity index (χ2n) is 5.13. The molecule has 7 nitrogen and oxygen atoms in total. The molecule has 3 N–H and O–H groups in total.